The third-order valence-corrected chi connectivity index (χ3v) is 5.14. The van der Waals surface area contributed by atoms with Crippen LogP contribution in [0.1, 0.15) is 53.5 Å². The van der Waals surface area contributed by atoms with Crippen molar-refractivity contribution >= 4 is 17.6 Å². The third kappa shape index (κ3) is 4.81. The lowest BCUT2D eigenvalue weighted by Gasteiger charge is -2.38. The number of hydrogen-bond donors (Lipinski definition) is 2. The topological polar surface area (TPSA) is 79.3 Å². The number of nitrogens with zero attached hydrogens (tertiary/aromatic N) is 3. The number of piperidine rings is 1. The van der Waals surface area contributed by atoms with Crippen LogP contribution < -0.4 is 10.6 Å². The summed E-state index contributed by atoms with van der Waals surface area (Å²) in [5.41, 5.74) is 0. The van der Waals surface area contributed by atoms with E-state index in [0.717, 1.165) is 31.7 Å². The van der Waals surface area contributed by atoms with Crippen LogP contribution >= 0.6 is 0 Å². The van der Waals surface area contributed by atoms with Gasteiger partial charge in [-0.2, -0.15) is 5.10 Å². The maximum Gasteiger partial charge on any atom is 0.242 e. The van der Waals surface area contributed by atoms with Gasteiger partial charge in [-0.25, -0.2) is 4.68 Å². The number of likely N-dealkylation sites (tertiary alicyclic amines) is 1. The molecule has 0 radical (unpaired) electrons. The first-order valence-electron chi connectivity index (χ1n) is 9.19. The van der Waals surface area contributed by atoms with Gasteiger partial charge in [0.15, 0.2) is 0 Å². The van der Waals surface area contributed by atoms with Gasteiger partial charge in [-0.05, 0) is 32.6 Å². The van der Waals surface area contributed by atoms with Gasteiger partial charge in [-0.15, -0.1) is 0 Å². The van der Waals surface area contributed by atoms with Gasteiger partial charge in [0.2, 0.25) is 11.8 Å². The van der Waals surface area contributed by atoms with Crippen molar-refractivity contribution in [2.24, 2.45) is 5.92 Å². The van der Waals surface area contributed by atoms with Crippen LogP contribution in [0.5, 0.6) is 0 Å². The Morgan fingerprint density at radius 2 is 2.12 bits per heavy atom. The predicted octanol–water partition coefficient (Wildman–Crippen LogP) is 2.03. The lowest BCUT2D eigenvalue weighted by molar-refractivity contribution is -0.131. The lowest BCUT2D eigenvalue weighted by Crippen LogP contribution is -2.53. The average molecular weight is 349 g/mol. The fourth-order valence-electron chi connectivity index (χ4n) is 3.25. The molecule has 0 aromatic carbocycles. The molecule has 7 nitrogen and oxygen atoms in total. The first-order valence-corrected chi connectivity index (χ1v) is 9.19. The predicted molar refractivity (Wildman–Crippen MR) is 98.3 cm³/mol. The summed E-state index contributed by atoms with van der Waals surface area (Å²) in [7, 11) is 0. The quantitative estimate of drug-likeness (QED) is 0.823. The SMILES string of the molecule is CC[C@H](C)n1nccc1NC(=O)[C@H](C)N[C@@H]1CCN(C(C)=O)C[C@@H]1C. The average Bonchev–Trinajstić information content (AvgIpc) is 3.03. The second-order valence-electron chi connectivity index (χ2n) is 7.13. The molecule has 0 bridgehead atoms. The lowest BCUT2D eigenvalue weighted by atomic mass is 9.93. The molecule has 2 N–H and O–H groups in total. The minimum absolute atomic E-state index is 0.0637. The zero-order chi connectivity index (χ0) is 18.6. The van der Waals surface area contributed by atoms with Gasteiger partial charge in [0.1, 0.15) is 5.82 Å². The Kier molecular flexibility index (Phi) is 6.58. The molecule has 4 atom stereocenters. The van der Waals surface area contributed by atoms with Gasteiger partial charge in [-0.3, -0.25) is 9.59 Å². The summed E-state index contributed by atoms with van der Waals surface area (Å²) >= 11 is 0. The van der Waals surface area contributed by atoms with Gasteiger partial charge in [0, 0.05) is 32.1 Å². The summed E-state index contributed by atoms with van der Waals surface area (Å²) < 4.78 is 1.85. The maximum atomic E-state index is 12.5. The summed E-state index contributed by atoms with van der Waals surface area (Å²) in [6.45, 7) is 11.3. The van der Waals surface area contributed by atoms with Crippen molar-refractivity contribution in [2.75, 3.05) is 18.4 Å². The summed E-state index contributed by atoms with van der Waals surface area (Å²) in [5, 5.41) is 10.7. The molecule has 0 saturated carbocycles. The van der Waals surface area contributed by atoms with E-state index in [9.17, 15) is 9.59 Å². The van der Waals surface area contributed by atoms with E-state index in [-0.39, 0.29) is 29.9 Å². The highest BCUT2D eigenvalue weighted by Gasteiger charge is 2.29. The third-order valence-electron chi connectivity index (χ3n) is 5.14. The Morgan fingerprint density at radius 1 is 1.40 bits per heavy atom. The zero-order valence-electron chi connectivity index (χ0n) is 16.0. The smallest absolute Gasteiger partial charge is 0.242 e. The first kappa shape index (κ1) is 19.4. The van der Waals surface area contributed by atoms with Gasteiger partial charge < -0.3 is 15.5 Å². The minimum atomic E-state index is -0.309. The molecule has 0 aliphatic carbocycles. The van der Waals surface area contributed by atoms with Crippen molar-refractivity contribution in [3.8, 4) is 0 Å². The molecule has 140 valence electrons. The standard InChI is InChI=1S/C18H31N5O2/c1-6-13(3)23-17(7-9-19-23)21-18(25)14(4)20-16-8-10-22(15(5)24)11-12(16)2/h7,9,12-14,16,20H,6,8,10-11H2,1-5H3,(H,21,25)/t12-,13-,14-,16+/m0/s1. The van der Waals surface area contributed by atoms with Gasteiger partial charge >= 0.3 is 0 Å². The second kappa shape index (κ2) is 8.47. The molecule has 1 aromatic heterocycles. The van der Waals surface area contributed by atoms with E-state index >= 15 is 0 Å². The number of anilines is 1. The number of amides is 2. The van der Waals surface area contributed by atoms with Crippen LogP contribution in [0.3, 0.4) is 0 Å². The molecule has 0 unspecified atom stereocenters. The molecular weight excluding hydrogens is 318 g/mol. The molecule has 1 saturated heterocycles. The van der Waals surface area contributed by atoms with Crippen molar-refractivity contribution in [1.82, 2.24) is 20.0 Å². The fraction of sp³-hybridized carbons (Fsp3) is 0.722. The maximum absolute atomic E-state index is 12.5. The van der Waals surface area contributed by atoms with Gasteiger partial charge in [0.25, 0.3) is 0 Å². The van der Waals surface area contributed by atoms with E-state index in [1.165, 1.54) is 0 Å². The number of carbonyl (C=O) groups excluding carboxylic acids is 2. The molecule has 1 aliphatic rings. The molecule has 0 spiro atoms. The largest absolute Gasteiger partial charge is 0.343 e. The van der Waals surface area contributed by atoms with Crippen molar-refractivity contribution in [3.05, 3.63) is 12.3 Å². The number of rotatable bonds is 6. The number of nitrogens with one attached hydrogen (secondary N) is 2. The number of carbonyl (C=O) groups is 2. The van der Waals surface area contributed by atoms with Crippen molar-refractivity contribution in [1.29, 1.82) is 0 Å². The van der Waals surface area contributed by atoms with Gasteiger partial charge in [0.05, 0.1) is 18.3 Å². The number of hydrogen-bond acceptors (Lipinski definition) is 4. The highest BCUT2D eigenvalue weighted by Crippen LogP contribution is 2.19. The first-order chi connectivity index (χ1) is 11.8. The molecule has 1 fully saturated rings. The van der Waals surface area contributed by atoms with Crippen molar-refractivity contribution in [2.45, 2.75) is 65.6 Å². The Bertz CT molecular complexity index is 600. The zero-order valence-corrected chi connectivity index (χ0v) is 16.0. The van der Waals surface area contributed by atoms with Gasteiger partial charge in [-0.1, -0.05) is 13.8 Å². The highest BCUT2D eigenvalue weighted by atomic mass is 16.2. The van der Waals surface area contributed by atoms with E-state index in [4.69, 9.17) is 0 Å². The number of aromatic nitrogens is 2. The van der Waals surface area contributed by atoms with Crippen LogP contribution in [0, 0.1) is 5.92 Å². The molecule has 7 heteroatoms. The van der Waals surface area contributed by atoms with Crippen molar-refractivity contribution in [3.63, 3.8) is 0 Å². The summed E-state index contributed by atoms with van der Waals surface area (Å²) in [6, 6.07) is 1.99. The molecule has 2 heterocycles. The summed E-state index contributed by atoms with van der Waals surface area (Å²) in [4.78, 5) is 25.9. The van der Waals surface area contributed by atoms with E-state index < -0.39 is 0 Å². The normalized spacial score (nSPS) is 23.2. The Balaban J connectivity index is 1.91. The van der Waals surface area contributed by atoms with E-state index in [1.807, 2.05) is 22.6 Å². The molecule has 25 heavy (non-hydrogen) atoms. The van der Waals surface area contributed by atoms with Crippen LogP contribution in [0.15, 0.2) is 12.3 Å². The van der Waals surface area contributed by atoms with Crippen LogP contribution in [0.4, 0.5) is 5.82 Å². The van der Waals surface area contributed by atoms with E-state index in [2.05, 4.69) is 36.5 Å². The Labute approximate surface area is 150 Å². The molecular formula is C18H31N5O2. The highest BCUT2D eigenvalue weighted by molar-refractivity contribution is 5.93. The van der Waals surface area contributed by atoms with Crippen LogP contribution in [-0.4, -0.2) is 51.7 Å². The minimum Gasteiger partial charge on any atom is -0.343 e. The van der Waals surface area contributed by atoms with Crippen LogP contribution in [0.25, 0.3) is 0 Å². The van der Waals surface area contributed by atoms with Crippen LogP contribution in [-0.2, 0) is 9.59 Å². The molecule has 1 aliphatic heterocycles. The second-order valence-corrected chi connectivity index (χ2v) is 7.13. The monoisotopic (exact) mass is 349 g/mol. The summed E-state index contributed by atoms with van der Waals surface area (Å²) in [5.74, 6) is 1.10. The Hall–Kier alpha value is -1.89. The Morgan fingerprint density at radius 3 is 2.72 bits per heavy atom. The van der Waals surface area contributed by atoms with Crippen LogP contribution in [0.2, 0.25) is 0 Å². The molecule has 1 aromatic rings. The van der Waals surface area contributed by atoms with Crippen molar-refractivity contribution < 1.29 is 9.59 Å². The van der Waals surface area contributed by atoms with E-state index in [0.29, 0.717) is 5.92 Å². The van der Waals surface area contributed by atoms with E-state index in [1.54, 1.807) is 13.1 Å². The fourth-order valence-corrected chi connectivity index (χ4v) is 3.25. The molecule has 2 rings (SSSR count). The molecule has 2 amide bonds. The summed E-state index contributed by atoms with van der Waals surface area (Å²) in [6.07, 6.45) is 3.52.